The van der Waals surface area contributed by atoms with Crippen molar-refractivity contribution in [1.29, 1.82) is 0 Å². The molecule has 1 atom stereocenters. The van der Waals surface area contributed by atoms with Crippen LogP contribution >= 0.6 is 11.6 Å². The molecule has 0 spiro atoms. The molecular weight excluding hydrogens is 182 g/mol. The van der Waals surface area contributed by atoms with Gasteiger partial charge >= 0.3 is 0 Å². The monoisotopic (exact) mass is 195 g/mol. The number of benzene rings is 1. The molecule has 0 aliphatic carbocycles. The van der Waals surface area contributed by atoms with Gasteiger partial charge in [-0.15, -0.1) is 0 Å². The number of nitrogens with one attached hydrogen (secondary N) is 1. The summed E-state index contributed by atoms with van der Waals surface area (Å²) in [7, 11) is 0. The van der Waals surface area contributed by atoms with E-state index in [1.54, 1.807) is 0 Å². The summed E-state index contributed by atoms with van der Waals surface area (Å²) in [5.74, 6) is 0. The standard InChI is InChI=1S/C11H14ClN/c1-2-8-7-9(12)3-4-10(8)11-5-6-13-11/h3-4,7,11,13H,2,5-6H2,1H3. The molecule has 1 nitrogen and oxygen atoms in total. The summed E-state index contributed by atoms with van der Waals surface area (Å²) in [6, 6.07) is 6.79. The average molecular weight is 196 g/mol. The number of halogens is 1. The SMILES string of the molecule is CCc1cc(Cl)ccc1C1CCN1. The summed E-state index contributed by atoms with van der Waals surface area (Å²) >= 11 is 5.94. The minimum atomic E-state index is 0.576. The zero-order valence-electron chi connectivity index (χ0n) is 7.81. The van der Waals surface area contributed by atoms with Crippen molar-refractivity contribution in [3.8, 4) is 0 Å². The highest BCUT2D eigenvalue weighted by molar-refractivity contribution is 6.30. The summed E-state index contributed by atoms with van der Waals surface area (Å²) in [4.78, 5) is 0. The van der Waals surface area contributed by atoms with Crippen LogP contribution in [0.2, 0.25) is 5.02 Å². The zero-order chi connectivity index (χ0) is 9.26. The van der Waals surface area contributed by atoms with Crippen molar-refractivity contribution in [3.05, 3.63) is 34.3 Å². The van der Waals surface area contributed by atoms with Crippen molar-refractivity contribution in [2.45, 2.75) is 25.8 Å². The first kappa shape index (κ1) is 9.04. The molecule has 13 heavy (non-hydrogen) atoms. The van der Waals surface area contributed by atoms with Crippen molar-refractivity contribution in [3.63, 3.8) is 0 Å². The summed E-state index contributed by atoms with van der Waals surface area (Å²) < 4.78 is 0. The first-order chi connectivity index (χ1) is 6.31. The predicted octanol–water partition coefficient (Wildman–Crippen LogP) is 2.94. The molecule has 0 bridgehead atoms. The third kappa shape index (κ3) is 1.72. The first-order valence-corrected chi connectivity index (χ1v) is 5.20. The van der Waals surface area contributed by atoms with Gasteiger partial charge in [0.15, 0.2) is 0 Å². The number of hydrogen-bond acceptors (Lipinski definition) is 1. The smallest absolute Gasteiger partial charge is 0.0408 e. The Morgan fingerprint density at radius 3 is 2.85 bits per heavy atom. The fraction of sp³-hybridized carbons (Fsp3) is 0.455. The molecule has 1 heterocycles. The second kappa shape index (κ2) is 3.69. The summed E-state index contributed by atoms with van der Waals surface area (Å²) in [6.07, 6.45) is 2.32. The van der Waals surface area contributed by atoms with Gasteiger partial charge in [-0.2, -0.15) is 0 Å². The molecule has 1 aliphatic rings. The molecule has 0 aromatic heterocycles. The van der Waals surface area contributed by atoms with Gasteiger partial charge in [0.2, 0.25) is 0 Å². The minimum absolute atomic E-state index is 0.576. The van der Waals surface area contributed by atoms with Crippen molar-refractivity contribution >= 4 is 11.6 Å². The van der Waals surface area contributed by atoms with Crippen LogP contribution < -0.4 is 5.32 Å². The van der Waals surface area contributed by atoms with Crippen molar-refractivity contribution in [2.24, 2.45) is 0 Å². The van der Waals surface area contributed by atoms with Gasteiger partial charge in [-0.05, 0) is 42.6 Å². The van der Waals surface area contributed by atoms with E-state index in [0.29, 0.717) is 6.04 Å². The molecule has 1 N–H and O–H groups in total. The maximum atomic E-state index is 5.94. The molecule has 1 aliphatic heterocycles. The maximum absolute atomic E-state index is 5.94. The zero-order valence-corrected chi connectivity index (χ0v) is 8.56. The predicted molar refractivity (Wildman–Crippen MR) is 56.2 cm³/mol. The van der Waals surface area contributed by atoms with Gasteiger partial charge in [0, 0.05) is 11.1 Å². The third-order valence-electron chi connectivity index (χ3n) is 2.69. The lowest BCUT2D eigenvalue weighted by molar-refractivity contribution is 0.381. The lowest BCUT2D eigenvalue weighted by atomic mass is 9.92. The average Bonchev–Trinajstić information content (AvgIpc) is 2.05. The molecule has 1 aromatic carbocycles. The lowest BCUT2D eigenvalue weighted by Crippen LogP contribution is -2.35. The summed E-state index contributed by atoms with van der Waals surface area (Å²) in [5.41, 5.74) is 2.81. The quantitative estimate of drug-likeness (QED) is 0.765. The second-order valence-electron chi connectivity index (χ2n) is 3.49. The van der Waals surface area contributed by atoms with E-state index >= 15 is 0 Å². The Morgan fingerprint density at radius 2 is 2.31 bits per heavy atom. The highest BCUT2D eigenvalue weighted by Crippen LogP contribution is 2.28. The van der Waals surface area contributed by atoms with Crippen LogP contribution in [0.4, 0.5) is 0 Å². The number of hydrogen-bond donors (Lipinski definition) is 1. The Bertz CT molecular complexity index is 305. The van der Waals surface area contributed by atoms with Crippen LogP contribution in [0, 0.1) is 0 Å². The minimum Gasteiger partial charge on any atom is -0.310 e. The summed E-state index contributed by atoms with van der Waals surface area (Å²) in [5, 5.41) is 4.26. The molecule has 1 fully saturated rings. The molecule has 2 rings (SSSR count). The molecule has 0 amide bonds. The van der Waals surface area contributed by atoms with Crippen molar-refractivity contribution in [2.75, 3.05) is 6.54 Å². The van der Waals surface area contributed by atoms with Crippen molar-refractivity contribution < 1.29 is 0 Å². The Labute approximate surface area is 84.1 Å². The third-order valence-corrected chi connectivity index (χ3v) is 2.92. The van der Waals surface area contributed by atoms with E-state index in [1.807, 2.05) is 6.07 Å². The molecule has 0 saturated carbocycles. The van der Waals surface area contributed by atoms with Crippen molar-refractivity contribution in [1.82, 2.24) is 5.32 Å². The maximum Gasteiger partial charge on any atom is 0.0408 e. The normalized spacial score (nSPS) is 21.2. The van der Waals surface area contributed by atoms with E-state index < -0.39 is 0 Å². The molecule has 1 aromatic rings. The Hall–Kier alpha value is -0.530. The van der Waals surface area contributed by atoms with E-state index in [0.717, 1.165) is 18.0 Å². The molecule has 2 heteroatoms. The number of rotatable bonds is 2. The molecule has 1 unspecified atom stereocenters. The number of aryl methyl sites for hydroxylation is 1. The molecule has 0 radical (unpaired) electrons. The highest BCUT2D eigenvalue weighted by Gasteiger charge is 2.20. The van der Waals surface area contributed by atoms with E-state index in [4.69, 9.17) is 11.6 Å². The van der Waals surface area contributed by atoms with Gasteiger partial charge < -0.3 is 5.32 Å². The van der Waals surface area contributed by atoms with Gasteiger partial charge in [0.05, 0.1) is 0 Å². The fourth-order valence-corrected chi connectivity index (χ4v) is 1.97. The van der Waals surface area contributed by atoms with E-state index in [9.17, 15) is 0 Å². The van der Waals surface area contributed by atoms with Crippen LogP contribution in [0.3, 0.4) is 0 Å². The van der Waals surface area contributed by atoms with E-state index in [1.165, 1.54) is 17.5 Å². The van der Waals surface area contributed by atoms with Gasteiger partial charge in [-0.1, -0.05) is 24.6 Å². The fourth-order valence-electron chi connectivity index (χ4n) is 1.77. The van der Waals surface area contributed by atoms with Gasteiger partial charge in [-0.3, -0.25) is 0 Å². The van der Waals surface area contributed by atoms with Gasteiger partial charge in [0.1, 0.15) is 0 Å². The molecule has 70 valence electrons. The van der Waals surface area contributed by atoms with Crippen LogP contribution in [-0.4, -0.2) is 6.54 Å². The van der Waals surface area contributed by atoms with Crippen LogP contribution in [0.1, 0.15) is 30.5 Å². The summed E-state index contributed by atoms with van der Waals surface area (Å²) in [6.45, 7) is 3.32. The highest BCUT2D eigenvalue weighted by atomic mass is 35.5. The lowest BCUT2D eigenvalue weighted by Gasteiger charge is -2.29. The largest absolute Gasteiger partial charge is 0.310 e. The van der Waals surface area contributed by atoms with Gasteiger partial charge in [0.25, 0.3) is 0 Å². The topological polar surface area (TPSA) is 12.0 Å². The Balaban J connectivity index is 2.32. The molecular formula is C11H14ClN. The van der Waals surface area contributed by atoms with E-state index in [2.05, 4.69) is 24.4 Å². The Kier molecular flexibility index (Phi) is 2.56. The van der Waals surface area contributed by atoms with Crippen LogP contribution in [0.15, 0.2) is 18.2 Å². The first-order valence-electron chi connectivity index (χ1n) is 4.83. The second-order valence-corrected chi connectivity index (χ2v) is 3.93. The molecule has 1 saturated heterocycles. The van der Waals surface area contributed by atoms with E-state index in [-0.39, 0.29) is 0 Å². The van der Waals surface area contributed by atoms with Crippen LogP contribution in [0.5, 0.6) is 0 Å². The van der Waals surface area contributed by atoms with Gasteiger partial charge in [-0.25, -0.2) is 0 Å². The Morgan fingerprint density at radius 1 is 1.54 bits per heavy atom. The van der Waals surface area contributed by atoms with Crippen LogP contribution in [0.25, 0.3) is 0 Å². The van der Waals surface area contributed by atoms with Crippen LogP contribution in [-0.2, 0) is 6.42 Å².